The summed E-state index contributed by atoms with van der Waals surface area (Å²) >= 11 is 0. The molecular formula is C17H29N3O4. The number of β-amino-alcohol motifs (C(OH)–C–C–N with tert-alkyl or cyclic N) is 1. The Kier molecular flexibility index (Phi) is 4.95. The van der Waals surface area contributed by atoms with Crippen molar-refractivity contribution >= 4 is 6.09 Å². The van der Waals surface area contributed by atoms with E-state index in [2.05, 4.69) is 10.1 Å². The van der Waals surface area contributed by atoms with Crippen LogP contribution in [0.15, 0.2) is 4.52 Å². The van der Waals surface area contributed by atoms with Crippen LogP contribution in [0.25, 0.3) is 0 Å². The van der Waals surface area contributed by atoms with Crippen molar-refractivity contribution in [1.82, 2.24) is 15.0 Å². The first-order chi connectivity index (χ1) is 10.9. The molecule has 7 heteroatoms. The average molecular weight is 339 g/mol. The molecule has 1 aromatic rings. The molecule has 1 atom stereocenters. The predicted molar refractivity (Wildman–Crippen MR) is 88.7 cm³/mol. The van der Waals surface area contributed by atoms with Gasteiger partial charge in [0, 0.05) is 12.0 Å². The van der Waals surface area contributed by atoms with E-state index in [-0.39, 0.29) is 18.4 Å². The van der Waals surface area contributed by atoms with E-state index in [9.17, 15) is 9.90 Å². The second-order valence-corrected chi connectivity index (χ2v) is 8.67. The molecule has 0 spiro atoms. The van der Waals surface area contributed by atoms with E-state index in [1.807, 2.05) is 41.5 Å². The van der Waals surface area contributed by atoms with Gasteiger partial charge in [-0.3, -0.25) is 0 Å². The van der Waals surface area contributed by atoms with Gasteiger partial charge >= 0.3 is 6.09 Å². The molecule has 136 valence electrons. The highest BCUT2D eigenvalue weighted by Gasteiger charge is 2.38. The van der Waals surface area contributed by atoms with Crippen molar-refractivity contribution in [3.05, 3.63) is 11.7 Å². The SMILES string of the molecule is CC(C)(C)OC(=O)N1CCC[C@@](O)(Cc2nc(C(C)(C)C)no2)C1. The van der Waals surface area contributed by atoms with Crippen molar-refractivity contribution in [2.75, 3.05) is 13.1 Å². The summed E-state index contributed by atoms with van der Waals surface area (Å²) in [6, 6.07) is 0. The molecule has 2 heterocycles. The summed E-state index contributed by atoms with van der Waals surface area (Å²) in [7, 11) is 0. The molecule has 0 radical (unpaired) electrons. The van der Waals surface area contributed by atoms with Gasteiger partial charge in [-0.1, -0.05) is 25.9 Å². The van der Waals surface area contributed by atoms with E-state index >= 15 is 0 Å². The minimum atomic E-state index is -1.07. The second-order valence-electron chi connectivity index (χ2n) is 8.67. The molecule has 7 nitrogen and oxygen atoms in total. The largest absolute Gasteiger partial charge is 0.444 e. The smallest absolute Gasteiger partial charge is 0.410 e. The fraction of sp³-hybridized carbons (Fsp3) is 0.824. The molecule has 1 fully saturated rings. The Bertz CT molecular complexity index is 585. The summed E-state index contributed by atoms with van der Waals surface area (Å²) in [6.45, 7) is 12.3. The molecule has 0 unspecified atom stereocenters. The number of rotatable bonds is 2. The average Bonchev–Trinajstić information content (AvgIpc) is 2.84. The highest BCUT2D eigenvalue weighted by Crippen LogP contribution is 2.27. The van der Waals surface area contributed by atoms with Crippen LogP contribution in [0.1, 0.15) is 66.1 Å². The first-order valence-corrected chi connectivity index (χ1v) is 8.41. The minimum absolute atomic E-state index is 0.204. The van der Waals surface area contributed by atoms with Crippen LogP contribution in [-0.2, 0) is 16.6 Å². The first-order valence-electron chi connectivity index (χ1n) is 8.41. The van der Waals surface area contributed by atoms with Gasteiger partial charge in [-0.15, -0.1) is 0 Å². The monoisotopic (exact) mass is 339 g/mol. The molecule has 1 saturated heterocycles. The molecule has 0 bridgehead atoms. The molecule has 24 heavy (non-hydrogen) atoms. The van der Waals surface area contributed by atoms with Crippen molar-refractivity contribution in [2.45, 2.75) is 77.4 Å². The number of likely N-dealkylation sites (tertiary alicyclic amines) is 1. The number of aromatic nitrogens is 2. The fourth-order valence-electron chi connectivity index (χ4n) is 2.65. The van der Waals surface area contributed by atoms with Crippen molar-refractivity contribution in [3.63, 3.8) is 0 Å². The Balaban J connectivity index is 2.04. The fourth-order valence-corrected chi connectivity index (χ4v) is 2.65. The predicted octanol–water partition coefficient (Wildman–Crippen LogP) is 2.67. The summed E-state index contributed by atoms with van der Waals surface area (Å²) in [5.41, 5.74) is -1.84. The molecule has 0 saturated carbocycles. The molecular weight excluding hydrogens is 310 g/mol. The maximum Gasteiger partial charge on any atom is 0.410 e. The number of carbonyl (C=O) groups is 1. The van der Waals surface area contributed by atoms with E-state index in [1.165, 1.54) is 0 Å². The minimum Gasteiger partial charge on any atom is -0.444 e. The standard InChI is InChI=1S/C17H29N3O4/c1-15(2,3)13-18-12(24-19-13)10-17(22)8-7-9-20(11-17)14(21)23-16(4,5)6/h22H,7-11H2,1-6H3/t17-/m1/s1. The molecule has 0 aliphatic carbocycles. The highest BCUT2D eigenvalue weighted by molar-refractivity contribution is 5.68. The molecule has 1 N–H and O–H groups in total. The van der Waals surface area contributed by atoms with E-state index in [0.717, 1.165) is 0 Å². The second kappa shape index (κ2) is 6.35. The van der Waals surface area contributed by atoms with Gasteiger partial charge in [0.1, 0.15) is 5.60 Å². The van der Waals surface area contributed by atoms with Gasteiger partial charge in [-0.2, -0.15) is 4.98 Å². The third kappa shape index (κ3) is 4.93. The number of nitrogens with zero attached hydrogens (tertiary/aromatic N) is 3. The summed E-state index contributed by atoms with van der Waals surface area (Å²) in [4.78, 5) is 18.2. The Morgan fingerprint density at radius 2 is 2.00 bits per heavy atom. The van der Waals surface area contributed by atoms with Crippen LogP contribution >= 0.6 is 0 Å². The van der Waals surface area contributed by atoms with Gasteiger partial charge in [0.2, 0.25) is 5.89 Å². The lowest BCUT2D eigenvalue weighted by Crippen LogP contribution is -2.52. The van der Waals surface area contributed by atoms with Crippen LogP contribution in [0.5, 0.6) is 0 Å². The third-order valence-corrected chi connectivity index (χ3v) is 3.83. The third-order valence-electron chi connectivity index (χ3n) is 3.83. The van der Waals surface area contributed by atoms with Gasteiger partial charge in [-0.25, -0.2) is 4.79 Å². The van der Waals surface area contributed by atoms with Crippen molar-refractivity contribution in [3.8, 4) is 0 Å². The van der Waals surface area contributed by atoms with Crippen molar-refractivity contribution in [1.29, 1.82) is 0 Å². The van der Waals surface area contributed by atoms with Crippen molar-refractivity contribution in [2.24, 2.45) is 0 Å². The van der Waals surface area contributed by atoms with Gasteiger partial charge in [0.05, 0.1) is 18.6 Å². The number of piperidine rings is 1. The highest BCUT2D eigenvalue weighted by atomic mass is 16.6. The van der Waals surface area contributed by atoms with E-state index in [0.29, 0.717) is 31.1 Å². The Hall–Kier alpha value is -1.63. The number of amides is 1. The lowest BCUT2D eigenvalue weighted by molar-refractivity contribution is -0.0458. The number of hydrogen-bond acceptors (Lipinski definition) is 6. The summed E-state index contributed by atoms with van der Waals surface area (Å²) < 4.78 is 10.7. The van der Waals surface area contributed by atoms with Crippen LogP contribution < -0.4 is 0 Å². The van der Waals surface area contributed by atoms with E-state index in [4.69, 9.17) is 9.26 Å². The van der Waals surface area contributed by atoms with Crippen LogP contribution in [-0.4, -0.2) is 50.5 Å². The molecule has 2 rings (SSSR count). The Morgan fingerprint density at radius 3 is 2.54 bits per heavy atom. The summed E-state index contributed by atoms with van der Waals surface area (Å²) in [5, 5.41) is 14.9. The lowest BCUT2D eigenvalue weighted by atomic mass is 9.89. The quantitative estimate of drug-likeness (QED) is 0.891. The number of carbonyl (C=O) groups excluding carboxylic acids is 1. The maximum absolute atomic E-state index is 12.2. The van der Waals surface area contributed by atoms with Gasteiger partial charge in [0.25, 0.3) is 0 Å². The van der Waals surface area contributed by atoms with Gasteiger partial charge < -0.3 is 19.3 Å². The van der Waals surface area contributed by atoms with Gasteiger partial charge in [0.15, 0.2) is 5.82 Å². The van der Waals surface area contributed by atoms with Crippen LogP contribution in [0.2, 0.25) is 0 Å². The zero-order valence-electron chi connectivity index (χ0n) is 15.5. The summed E-state index contributed by atoms with van der Waals surface area (Å²) in [6.07, 6.45) is 1.12. The Labute approximate surface area is 143 Å². The van der Waals surface area contributed by atoms with Crippen LogP contribution in [0.3, 0.4) is 0 Å². The molecule has 1 amide bonds. The topological polar surface area (TPSA) is 88.7 Å². The van der Waals surface area contributed by atoms with Crippen LogP contribution in [0, 0.1) is 0 Å². The summed E-state index contributed by atoms with van der Waals surface area (Å²) in [5.74, 6) is 1.01. The first kappa shape index (κ1) is 18.7. The number of aliphatic hydroxyl groups is 1. The van der Waals surface area contributed by atoms with E-state index < -0.39 is 17.3 Å². The zero-order valence-corrected chi connectivity index (χ0v) is 15.5. The van der Waals surface area contributed by atoms with Crippen LogP contribution in [0.4, 0.5) is 4.79 Å². The molecule has 1 aliphatic heterocycles. The number of ether oxygens (including phenoxy) is 1. The maximum atomic E-state index is 12.2. The van der Waals surface area contributed by atoms with E-state index in [1.54, 1.807) is 4.90 Å². The van der Waals surface area contributed by atoms with Crippen molar-refractivity contribution < 1.29 is 19.2 Å². The lowest BCUT2D eigenvalue weighted by Gasteiger charge is -2.39. The number of hydrogen-bond donors (Lipinski definition) is 1. The normalized spacial score (nSPS) is 22.5. The Morgan fingerprint density at radius 1 is 1.33 bits per heavy atom. The molecule has 0 aromatic carbocycles. The molecule has 1 aliphatic rings. The molecule has 1 aromatic heterocycles. The zero-order chi connectivity index (χ0) is 18.2. The van der Waals surface area contributed by atoms with Gasteiger partial charge in [-0.05, 0) is 33.6 Å².